The van der Waals surface area contributed by atoms with Gasteiger partial charge in [-0.3, -0.25) is 4.57 Å². The van der Waals surface area contributed by atoms with E-state index in [1.165, 1.54) is 5.56 Å². The molecule has 0 aliphatic heterocycles. The molecular weight excluding hydrogens is 316 g/mol. The van der Waals surface area contributed by atoms with Crippen molar-refractivity contribution in [3.05, 3.63) is 71.4 Å². The largest absolute Gasteiger partial charge is 0.380 e. The standard InChI is InChI=1S/C15H13BrN4/c16-14-4-2-1-3-12(14)9-18-13-5-6-15(19-10-13)20-8-7-17-11-20/h1-8,10-11,18H,9H2. The summed E-state index contributed by atoms with van der Waals surface area (Å²) in [5, 5.41) is 3.36. The van der Waals surface area contributed by atoms with Gasteiger partial charge in [0, 0.05) is 23.4 Å². The van der Waals surface area contributed by atoms with Gasteiger partial charge < -0.3 is 5.32 Å². The van der Waals surface area contributed by atoms with Gasteiger partial charge in [-0.2, -0.15) is 0 Å². The lowest BCUT2D eigenvalue weighted by atomic mass is 10.2. The van der Waals surface area contributed by atoms with Crippen LogP contribution in [0.1, 0.15) is 5.56 Å². The van der Waals surface area contributed by atoms with Gasteiger partial charge in [0.25, 0.3) is 0 Å². The van der Waals surface area contributed by atoms with Crippen LogP contribution in [0.3, 0.4) is 0 Å². The first kappa shape index (κ1) is 12.9. The van der Waals surface area contributed by atoms with Crippen molar-refractivity contribution in [1.82, 2.24) is 14.5 Å². The summed E-state index contributed by atoms with van der Waals surface area (Å²) >= 11 is 3.54. The van der Waals surface area contributed by atoms with Crippen molar-refractivity contribution in [1.29, 1.82) is 0 Å². The third-order valence-corrected chi connectivity index (χ3v) is 3.73. The Morgan fingerprint density at radius 1 is 1.15 bits per heavy atom. The lowest BCUT2D eigenvalue weighted by Gasteiger charge is -2.08. The molecule has 0 radical (unpaired) electrons. The van der Waals surface area contributed by atoms with Crippen LogP contribution >= 0.6 is 15.9 Å². The minimum Gasteiger partial charge on any atom is -0.380 e. The smallest absolute Gasteiger partial charge is 0.137 e. The Bertz CT molecular complexity index is 677. The van der Waals surface area contributed by atoms with Gasteiger partial charge in [0.1, 0.15) is 12.1 Å². The van der Waals surface area contributed by atoms with Crippen molar-refractivity contribution in [2.75, 3.05) is 5.32 Å². The maximum atomic E-state index is 4.40. The quantitative estimate of drug-likeness (QED) is 0.795. The maximum absolute atomic E-state index is 4.40. The van der Waals surface area contributed by atoms with Gasteiger partial charge in [-0.25, -0.2) is 9.97 Å². The van der Waals surface area contributed by atoms with Gasteiger partial charge in [-0.1, -0.05) is 34.1 Å². The highest BCUT2D eigenvalue weighted by Gasteiger charge is 2.00. The minimum absolute atomic E-state index is 0.757. The highest BCUT2D eigenvalue weighted by atomic mass is 79.9. The van der Waals surface area contributed by atoms with E-state index in [0.717, 1.165) is 22.5 Å². The molecule has 0 spiro atoms. The fourth-order valence-corrected chi connectivity index (χ4v) is 2.30. The normalized spacial score (nSPS) is 10.4. The summed E-state index contributed by atoms with van der Waals surface area (Å²) in [6, 6.07) is 12.1. The average molecular weight is 329 g/mol. The monoisotopic (exact) mass is 328 g/mol. The molecule has 1 aromatic carbocycles. The molecule has 0 atom stereocenters. The summed E-state index contributed by atoms with van der Waals surface area (Å²) in [4.78, 5) is 8.41. The molecule has 100 valence electrons. The molecule has 5 heteroatoms. The van der Waals surface area contributed by atoms with Gasteiger partial charge in [0.15, 0.2) is 0 Å². The molecule has 3 aromatic rings. The molecular formula is C15H13BrN4. The van der Waals surface area contributed by atoms with E-state index in [2.05, 4.69) is 37.3 Å². The first-order valence-corrected chi connectivity index (χ1v) is 7.04. The molecule has 2 aromatic heterocycles. The SMILES string of the molecule is Brc1ccccc1CNc1ccc(-n2ccnc2)nc1. The molecule has 0 saturated heterocycles. The highest BCUT2D eigenvalue weighted by molar-refractivity contribution is 9.10. The van der Waals surface area contributed by atoms with Gasteiger partial charge in [-0.15, -0.1) is 0 Å². The van der Waals surface area contributed by atoms with Crippen LogP contribution in [0.25, 0.3) is 5.82 Å². The lowest BCUT2D eigenvalue weighted by Crippen LogP contribution is -2.01. The molecule has 0 saturated carbocycles. The number of halogens is 1. The van der Waals surface area contributed by atoms with Crippen LogP contribution in [-0.2, 0) is 6.54 Å². The summed E-state index contributed by atoms with van der Waals surface area (Å²) in [5.41, 5.74) is 2.20. The van der Waals surface area contributed by atoms with E-state index in [1.807, 2.05) is 47.3 Å². The van der Waals surface area contributed by atoms with E-state index in [9.17, 15) is 0 Å². The summed E-state index contributed by atoms with van der Waals surface area (Å²) in [6.45, 7) is 0.757. The number of aromatic nitrogens is 3. The molecule has 0 bridgehead atoms. The number of benzene rings is 1. The zero-order valence-corrected chi connectivity index (χ0v) is 12.3. The zero-order chi connectivity index (χ0) is 13.8. The Balaban J connectivity index is 1.68. The minimum atomic E-state index is 0.757. The average Bonchev–Trinajstić information content (AvgIpc) is 3.01. The first-order valence-electron chi connectivity index (χ1n) is 6.24. The Hall–Kier alpha value is -2.14. The number of nitrogens with one attached hydrogen (secondary N) is 1. The molecule has 2 heterocycles. The predicted molar refractivity (Wildman–Crippen MR) is 82.8 cm³/mol. The molecule has 0 amide bonds. The van der Waals surface area contributed by atoms with Crippen molar-refractivity contribution >= 4 is 21.6 Å². The van der Waals surface area contributed by atoms with Gasteiger partial charge in [0.05, 0.1) is 11.9 Å². The van der Waals surface area contributed by atoms with E-state index in [0.29, 0.717) is 0 Å². The summed E-state index contributed by atoms with van der Waals surface area (Å²) < 4.78 is 2.98. The molecule has 1 N–H and O–H groups in total. The Morgan fingerprint density at radius 3 is 2.75 bits per heavy atom. The number of imidazole rings is 1. The second-order valence-electron chi connectivity index (χ2n) is 4.32. The number of rotatable bonds is 4. The number of anilines is 1. The Labute approximate surface area is 125 Å². The van der Waals surface area contributed by atoms with Crippen molar-refractivity contribution < 1.29 is 0 Å². The third-order valence-electron chi connectivity index (χ3n) is 2.96. The highest BCUT2D eigenvalue weighted by Crippen LogP contribution is 2.17. The topological polar surface area (TPSA) is 42.7 Å². The van der Waals surface area contributed by atoms with Crippen LogP contribution in [0.4, 0.5) is 5.69 Å². The second-order valence-corrected chi connectivity index (χ2v) is 5.17. The van der Waals surface area contributed by atoms with E-state index in [-0.39, 0.29) is 0 Å². The molecule has 0 fully saturated rings. The Morgan fingerprint density at radius 2 is 2.05 bits per heavy atom. The van der Waals surface area contributed by atoms with E-state index >= 15 is 0 Å². The van der Waals surface area contributed by atoms with Crippen molar-refractivity contribution in [2.24, 2.45) is 0 Å². The number of hydrogen-bond acceptors (Lipinski definition) is 3. The Kier molecular flexibility index (Phi) is 3.78. The zero-order valence-electron chi connectivity index (χ0n) is 10.7. The number of hydrogen-bond donors (Lipinski definition) is 1. The second kappa shape index (κ2) is 5.88. The van der Waals surface area contributed by atoms with Crippen molar-refractivity contribution in [3.8, 4) is 5.82 Å². The molecule has 3 rings (SSSR count). The molecule has 0 aliphatic carbocycles. The summed E-state index contributed by atoms with van der Waals surface area (Å²) in [7, 11) is 0. The van der Waals surface area contributed by atoms with E-state index < -0.39 is 0 Å². The van der Waals surface area contributed by atoms with Crippen LogP contribution in [0, 0.1) is 0 Å². The van der Waals surface area contributed by atoms with Gasteiger partial charge in [0.2, 0.25) is 0 Å². The van der Waals surface area contributed by atoms with Crippen LogP contribution in [-0.4, -0.2) is 14.5 Å². The fraction of sp³-hybridized carbons (Fsp3) is 0.0667. The van der Waals surface area contributed by atoms with Crippen molar-refractivity contribution in [3.63, 3.8) is 0 Å². The molecule has 0 aliphatic rings. The van der Waals surface area contributed by atoms with Crippen LogP contribution in [0.5, 0.6) is 0 Å². The predicted octanol–water partition coefficient (Wildman–Crippen LogP) is 3.64. The summed E-state index contributed by atoms with van der Waals surface area (Å²) in [6.07, 6.45) is 7.17. The van der Waals surface area contributed by atoms with E-state index in [1.54, 1.807) is 12.5 Å². The lowest BCUT2D eigenvalue weighted by molar-refractivity contribution is 0.990. The molecule has 20 heavy (non-hydrogen) atoms. The van der Waals surface area contributed by atoms with Gasteiger partial charge >= 0.3 is 0 Å². The summed E-state index contributed by atoms with van der Waals surface area (Å²) in [5.74, 6) is 0.856. The van der Waals surface area contributed by atoms with Crippen LogP contribution < -0.4 is 5.32 Å². The fourth-order valence-electron chi connectivity index (χ4n) is 1.88. The van der Waals surface area contributed by atoms with Crippen molar-refractivity contribution in [2.45, 2.75) is 6.54 Å². The van der Waals surface area contributed by atoms with Crippen LogP contribution in [0.15, 0.2) is 65.8 Å². The molecule has 0 unspecified atom stereocenters. The maximum Gasteiger partial charge on any atom is 0.137 e. The van der Waals surface area contributed by atoms with E-state index in [4.69, 9.17) is 0 Å². The number of nitrogens with zero attached hydrogens (tertiary/aromatic N) is 3. The molecule has 4 nitrogen and oxygen atoms in total. The first-order chi connectivity index (χ1) is 9.83. The van der Waals surface area contributed by atoms with Gasteiger partial charge in [-0.05, 0) is 23.8 Å². The third kappa shape index (κ3) is 2.88. The number of pyridine rings is 1. The van der Waals surface area contributed by atoms with Crippen LogP contribution in [0.2, 0.25) is 0 Å².